The topological polar surface area (TPSA) is 17.1 Å². The van der Waals surface area contributed by atoms with E-state index in [1.807, 2.05) is 31.2 Å². The van der Waals surface area contributed by atoms with E-state index in [1.165, 1.54) is 16.7 Å². The van der Waals surface area contributed by atoms with Gasteiger partial charge in [0.05, 0.1) is 0 Å². The Morgan fingerprint density at radius 3 is 2.22 bits per heavy atom. The first-order chi connectivity index (χ1) is 8.76. The Hall–Kier alpha value is -1.89. The number of aryl methyl sites for hydroxylation is 1. The number of carbonyl (C=O) groups is 1. The molecule has 0 atom stereocenters. The van der Waals surface area contributed by atoms with E-state index in [4.69, 9.17) is 0 Å². The monoisotopic (exact) mass is 238 g/mol. The molecule has 2 aromatic carbocycles. The highest BCUT2D eigenvalue weighted by Gasteiger charge is 2.05. The fourth-order valence-electron chi connectivity index (χ4n) is 2.15. The Labute approximate surface area is 108 Å². The third-order valence-electron chi connectivity index (χ3n) is 3.24. The van der Waals surface area contributed by atoms with Gasteiger partial charge in [0.25, 0.3) is 0 Å². The zero-order valence-electron chi connectivity index (χ0n) is 10.9. The van der Waals surface area contributed by atoms with Crippen molar-refractivity contribution in [2.24, 2.45) is 0 Å². The van der Waals surface area contributed by atoms with E-state index in [9.17, 15) is 4.79 Å². The van der Waals surface area contributed by atoms with Gasteiger partial charge in [-0.1, -0.05) is 62.4 Å². The highest BCUT2D eigenvalue weighted by Crippen LogP contribution is 2.24. The van der Waals surface area contributed by atoms with Gasteiger partial charge >= 0.3 is 0 Å². The molecule has 92 valence electrons. The van der Waals surface area contributed by atoms with Crippen molar-refractivity contribution < 1.29 is 4.79 Å². The number of Topliss-reactive ketones (excluding diaryl/α,β-unsaturated/α-hetero) is 1. The van der Waals surface area contributed by atoms with E-state index in [1.54, 1.807) is 0 Å². The smallest absolute Gasteiger partial charge is 0.162 e. The van der Waals surface area contributed by atoms with Crippen molar-refractivity contribution in [3.8, 4) is 11.1 Å². The van der Waals surface area contributed by atoms with Gasteiger partial charge in [-0.25, -0.2) is 0 Å². The van der Waals surface area contributed by atoms with Gasteiger partial charge in [0.1, 0.15) is 0 Å². The summed E-state index contributed by atoms with van der Waals surface area (Å²) < 4.78 is 0. The van der Waals surface area contributed by atoms with Crippen molar-refractivity contribution >= 4 is 5.78 Å². The van der Waals surface area contributed by atoms with Gasteiger partial charge in [-0.05, 0) is 23.1 Å². The average Bonchev–Trinajstić information content (AvgIpc) is 2.46. The van der Waals surface area contributed by atoms with Crippen LogP contribution in [-0.4, -0.2) is 5.78 Å². The van der Waals surface area contributed by atoms with Gasteiger partial charge in [0, 0.05) is 12.0 Å². The fraction of sp³-hybridized carbons (Fsp3) is 0.235. The first-order valence-electron chi connectivity index (χ1n) is 6.47. The van der Waals surface area contributed by atoms with Crippen LogP contribution in [0, 0.1) is 0 Å². The van der Waals surface area contributed by atoms with E-state index >= 15 is 0 Å². The molecular formula is C17H18O. The molecule has 0 aliphatic rings. The minimum Gasteiger partial charge on any atom is -0.294 e. The van der Waals surface area contributed by atoms with Crippen molar-refractivity contribution in [3.63, 3.8) is 0 Å². The van der Waals surface area contributed by atoms with Gasteiger partial charge in [0.2, 0.25) is 0 Å². The molecule has 0 radical (unpaired) electrons. The summed E-state index contributed by atoms with van der Waals surface area (Å²) >= 11 is 0. The molecule has 0 saturated heterocycles. The number of rotatable bonds is 4. The second-order valence-electron chi connectivity index (χ2n) is 4.36. The van der Waals surface area contributed by atoms with Crippen LogP contribution in [0.3, 0.4) is 0 Å². The zero-order valence-corrected chi connectivity index (χ0v) is 10.9. The van der Waals surface area contributed by atoms with E-state index in [-0.39, 0.29) is 5.78 Å². The highest BCUT2D eigenvalue weighted by molar-refractivity contribution is 5.96. The maximum absolute atomic E-state index is 11.6. The first kappa shape index (κ1) is 12.6. The van der Waals surface area contributed by atoms with Crippen molar-refractivity contribution in [2.75, 3.05) is 0 Å². The molecule has 0 spiro atoms. The van der Waals surface area contributed by atoms with E-state index in [0.717, 1.165) is 12.0 Å². The number of ketones is 1. The number of hydrogen-bond acceptors (Lipinski definition) is 1. The summed E-state index contributed by atoms with van der Waals surface area (Å²) in [5.74, 6) is 0.199. The van der Waals surface area contributed by atoms with Crippen LogP contribution in [0.5, 0.6) is 0 Å². The van der Waals surface area contributed by atoms with Crippen molar-refractivity contribution in [2.45, 2.75) is 26.7 Å². The molecule has 0 heterocycles. The Morgan fingerprint density at radius 1 is 0.944 bits per heavy atom. The lowest BCUT2D eigenvalue weighted by Gasteiger charge is -2.08. The lowest BCUT2D eigenvalue weighted by atomic mass is 9.96. The average molecular weight is 238 g/mol. The Kier molecular flexibility index (Phi) is 3.93. The minimum absolute atomic E-state index is 0.199. The molecular weight excluding hydrogens is 220 g/mol. The Bertz CT molecular complexity index is 538. The van der Waals surface area contributed by atoms with Crippen LogP contribution in [-0.2, 0) is 6.42 Å². The minimum atomic E-state index is 0.199. The van der Waals surface area contributed by atoms with Gasteiger partial charge in [-0.3, -0.25) is 4.79 Å². The number of carbonyl (C=O) groups excluding carboxylic acids is 1. The van der Waals surface area contributed by atoms with Gasteiger partial charge in [0.15, 0.2) is 5.78 Å². The van der Waals surface area contributed by atoms with E-state index in [2.05, 4.69) is 31.2 Å². The maximum Gasteiger partial charge on any atom is 0.162 e. The summed E-state index contributed by atoms with van der Waals surface area (Å²) in [5.41, 5.74) is 4.58. The lowest BCUT2D eigenvalue weighted by Crippen LogP contribution is -1.96. The van der Waals surface area contributed by atoms with Gasteiger partial charge < -0.3 is 0 Å². The normalized spacial score (nSPS) is 10.3. The molecule has 0 amide bonds. The molecule has 0 aromatic heterocycles. The van der Waals surface area contributed by atoms with Crippen LogP contribution >= 0.6 is 0 Å². The molecule has 2 rings (SSSR count). The largest absolute Gasteiger partial charge is 0.294 e. The van der Waals surface area contributed by atoms with E-state index < -0.39 is 0 Å². The third kappa shape index (κ3) is 2.51. The summed E-state index contributed by atoms with van der Waals surface area (Å²) in [4.78, 5) is 11.6. The van der Waals surface area contributed by atoms with Crippen LogP contribution in [0.1, 0.15) is 36.2 Å². The van der Waals surface area contributed by atoms with Gasteiger partial charge in [-0.2, -0.15) is 0 Å². The molecule has 0 saturated carbocycles. The molecule has 0 aliphatic carbocycles. The van der Waals surface area contributed by atoms with Crippen LogP contribution in [0.2, 0.25) is 0 Å². The third-order valence-corrected chi connectivity index (χ3v) is 3.24. The van der Waals surface area contributed by atoms with Crippen LogP contribution in [0.4, 0.5) is 0 Å². The number of hydrogen-bond donors (Lipinski definition) is 0. The summed E-state index contributed by atoms with van der Waals surface area (Å²) in [6, 6.07) is 16.3. The lowest BCUT2D eigenvalue weighted by molar-refractivity contribution is 0.0988. The van der Waals surface area contributed by atoms with Gasteiger partial charge in [-0.15, -0.1) is 0 Å². The SMILES string of the molecule is CCC(=O)c1ccc(-c2ccccc2CC)cc1. The standard InChI is InChI=1S/C17H18O/c1-3-13-7-5-6-8-16(13)14-9-11-15(12-10-14)17(18)4-2/h5-12H,3-4H2,1-2H3. The summed E-state index contributed by atoms with van der Waals surface area (Å²) in [5, 5.41) is 0. The quantitative estimate of drug-likeness (QED) is 0.716. The zero-order chi connectivity index (χ0) is 13.0. The Morgan fingerprint density at radius 2 is 1.61 bits per heavy atom. The van der Waals surface area contributed by atoms with Crippen LogP contribution in [0.25, 0.3) is 11.1 Å². The summed E-state index contributed by atoms with van der Waals surface area (Å²) in [6.45, 7) is 4.05. The van der Waals surface area contributed by atoms with Crippen molar-refractivity contribution in [1.82, 2.24) is 0 Å². The molecule has 0 aliphatic heterocycles. The molecule has 0 N–H and O–H groups in total. The molecule has 18 heavy (non-hydrogen) atoms. The number of benzene rings is 2. The van der Waals surface area contributed by atoms with Crippen LogP contribution < -0.4 is 0 Å². The predicted octanol–water partition coefficient (Wildman–Crippen LogP) is 4.51. The molecule has 1 heteroatoms. The molecule has 0 unspecified atom stereocenters. The molecule has 0 fully saturated rings. The molecule has 0 bridgehead atoms. The summed E-state index contributed by atoms with van der Waals surface area (Å²) in [7, 11) is 0. The molecule has 1 nitrogen and oxygen atoms in total. The predicted molar refractivity (Wildman–Crippen MR) is 75.9 cm³/mol. The van der Waals surface area contributed by atoms with Crippen molar-refractivity contribution in [3.05, 3.63) is 59.7 Å². The summed E-state index contributed by atoms with van der Waals surface area (Å²) in [6.07, 6.45) is 1.58. The second-order valence-corrected chi connectivity index (χ2v) is 4.36. The van der Waals surface area contributed by atoms with E-state index in [0.29, 0.717) is 6.42 Å². The van der Waals surface area contributed by atoms with Crippen LogP contribution in [0.15, 0.2) is 48.5 Å². The first-order valence-corrected chi connectivity index (χ1v) is 6.47. The Balaban J connectivity index is 2.37. The maximum atomic E-state index is 11.6. The fourth-order valence-corrected chi connectivity index (χ4v) is 2.15. The second kappa shape index (κ2) is 5.63. The molecule has 2 aromatic rings. The highest BCUT2D eigenvalue weighted by atomic mass is 16.1. The van der Waals surface area contributed by atoms with Crippen molar-refractivity contribution in [1.29, 1.82) is 0 Å².